The SMILES string of the molecule is CC(C)N1CC2C(COc3ccc(-c4cc(F)ccc4F)cc3)C2C1. The van der Waals surface area contributed by atoms with Crippen molar-refractivity contribution >= 4 is 0 Å². The van der Waals surface area contributed by atoms with Gasteiger partial charge in [-0.05, 0) is 61.6 Å². The second-order valence-electron chi connectivity index (χ2n) is 7.50. The third kappa shape index (κ3) is 3.28. The number of ether oxygens (including phenoxy) is 1. The summed E-state index contributed by atoms with van der Waals surface area (Å²) in [5, 5.41) is 0. The van der Waals surface area contributed by atoms with Gasteiger partial charge in [0.25, 0.3) is 0 Å². The predicted molar refractivity (Wildman–Crippen MR) is 94.5 cm³/mol. The van der Waals surface area contributed by atoms with Gasteiger partial charge in [-0.2, -0.15) is 0 Å². The standard InChI is InChI=1S/C21H23F2NO/c1-13(2)24-10-18-19(11-24)20(18)12-25-16-6-3-14(4-7-16)17-9-15(22)5-8-21(17)23/h3-9,13,18-20H,10-12H2,1-2H3. The average Bonchev–Trinajstić information content (AvgIpc) is 3.04. The Morgan fingerprint density at radius 2 is 1.72 bits per heavy atom. The summed E-state index contributed by atoms with van der Waals surface area (Å²) in [6, 6.07) is 11.4. The normalized spacial score (nSPS) is 25.2. The molecule has 2 fully saturated rings. The van der Waals surface area contributed by atoms with E-state index in [-0.39, 0.29) is 5.56 Å². The fraction of sp³-hybridized carbons (Fsp3) is 0.429. The van der Waals surface area contributed by atoms with Crippen LogP contribution in [0.25, 0.3) is 11.1 Å². The first kappa shape index (κ1) is 16.5. The zero-order chi connectivity index (χ0) is 17.6. The second-order valence-corrected chi connectivity index (χ2v) is 7.50. The van der Waals surface area contributed by atoms with Crippen molar-refractivity contribution in [3.63, 3.8) is 0 Å². The zero-order valence-corrected chi connectivity index (χ0v) is 14.6. The van der Waals surface area contributed by atoms with E-state index in [2.05, 4.69) is 18.7 Å². The lowest BCUT2D eigenvalue weighted by molar-refractivity contribution is 0.206. The molecule has 1 aliphatic heterocycles. The fourth-order valence-electron chi connectivity index (χ4n) is 3.99. The van der Waals surface area contributed by atoms with Gasteiger partial charge in [-0.1, -0.05) is 12.1 Å². The second kappa shape index (κ2) is 6.41. The molecule has 4 rings (SSSR count). The molecule has 1 saturated heterocycles. The zero-order valence-electron chi connectivity index (χ0n) is 14.6. The third-order valence-corrected chi connectivity index (χ3v) is 5.67. The number of halogens is 2. The predicted octanol–water partition coefficient (Wildman–Crippen LogP) is 4.60. The van der Waals surface area contributed by atoms with E-state index in [1.54, 1.807) is 12.1 Å². The highest BCUT2D eigenvalue weighted by atomic mass is 19.1. The summed E-state index contributed by atoms with van der Waals surface area (Å²) in [4.78, 5) is 2.54. The number of benzene rings is 2. The van der Waals surface area contributed by atoms with Crippen molar-refractivity contribution in [2.45, 2.75) is 19.9 Å². The molecule has 2 aromatic rings. The van der Waals surface area contributed by atoms with Crippen molar-refractivity contribution in [1.29, 1.82) is 0 Å². The number of fused-ring (bicyclic) bond motifs is 1. The minimum Gasteiger partial charge on any atom is -0.493 e. The number of piperidine rings is 1. The summed E-state index contributed by atoms with van der Waals surface area (Å²) in [5.74, 6) is 2.15. The van der Waals surface area contributed by atoms with Gasteiger partial charge in [0.2, 0.25) is 0 Å². The Bertz CT molecular complexity index is 747. The van der Waals surface area contributed by atoms with Crippen LogP contribution in [0.1, 0.15) is 13.8 Å². The van der Waals surface area contributed by atoms with Gasteiger partial charge in [0, 0.05) is 30.6 Å². The van der Waals surface area contributed by atoms with Crippen LogP contribution in [0.3, 0.4) is 0 Å². The van der Waals surface area contributed by atoms with Crippen LogP contribution in [0.2, 0.25) is 0 Å². The quantitative estimate of drug-likeness (QED) is 0.787. The highest BCUT2D eigenvalue weighted by Gasteiger charge is 2.56. The molecule has 2 atom stereocenters. The fourth-order valence-corrected chi connectivity index (χ4v) is 3.99. The maximum absolute atomic E-state index is 13.8. The molecule has 1 aliphatic carbocycles. The van der Waals surface area contributed by atoms with E-state index in [9.17, 15) is 8.78 Å². The molecule has 1 heterocycles. The van der Waals surface area contributed by atoms with E-state index < -0.39 is 11.6 Å². The molecule has 2 nitrogen and oxygen atoms in total. The topological polar surface area (TPSA) is 12.5 Å². The molecule has 0 radical (unpaired) electrons. The Kier molecular flexibility index (Phi) is 4.24. The molecule has 132 valence electrons. The molecule has 4 heteroatoms. The summed E-state index contributed by atoms with van der Waals surface area (Å²) >= 11 is 0. The number of likely N-dealkylation sites (tertiary alicyclic amines) is 1. The van der Waals surface area contributed by atoms with Crippen LogP contribution in [0.4, 0.5) is 8.78 Å². The number of nitrogens with zero attached hydrogens (tertiary/aromatic N) is 1. The van der Waals surface area contributed by atoms with Crippen LogP contribution >= 0.6 is 0 Å². The minimum atomic E-state index is -0.438. The van der Waals surface area contributed by atoms with Crippen molar-refractivity contribution in [1.82, 2.24) is 4.90 Å². The Morgan fingerprint density at radius 1 is 1.04 bits per heavy atom. The number of rotatable bonds is 5. The maximum Gasteiger partial charge on any atom is 0.131 e. The van der Waals surface area contributed by atoms with Crippen LogP contribution in [-0.2, 0) is 0 Å². The molecule has 0 bridgehead atoms. The molecular formula is C21H23F2NO. The molecular weight excluding hydrogens is 320 g/mol. The summed E-state index contributed by atoms with van der Waals surface area (Å²) in [7, 11) is 0. The molecule has 1 saturated carbocycles. The lowest BCUT2D eigenvalue weighted by Gasteiger charge is -2.23. The molecule has 0 N–H and O–H groups in total. The summed E-state index contributed by atoms with van der Waals surface area (Å²) in [5.41, 5.74) is 0.928. The highest BCUT2D eigenvalue weighted by Crippen LogP contribution is 2.52. The van der Waals surface area contributed by atoms with Crippen LogP contribution in [0, 0.1) is 29.4 Å². The first-order valence-corrected chi connectivity index (χ1v) is 8.95. The van der Waals surface area contributed by atoms with Gasteiger partial charge in [-0.25, -0.2) is 8.78 Å². The minimum absolute atomic E-state index is 0.275. The maximum atomic E-state index is 13.8. The highest BCUT2D eigenvalue weighted by molar-refractivity contribution is 5.64. The van der Waals surface area contributed by atoms with Gasteiger partial charge in [0.05, 0.1) is 6.61 Å². The number of hydrogen-bond acceptors (Lipinski definition) is 2. The lowest BCUT2D eigenvalue weighted by Crippen LogP contribution is -2.31. The first-order chi connectivity index (χ1) is 12.0. The van der Waals surface area contributed by atoms with Crippen molar-refractivity contribution in [2.24, 2.45) is 17.8 Å². The Morgan fingerprint density at radius 3 is 2.36 bits per heavy atom. The van der Waals surface area contributed by atoms with Crippen molar-refractivity contribution in [2.75, 3.05) is 19.7 Å². The molecule has 2 unspecified atom stereocenters. The van der Waals surface area contributed by atoms with Gasteiger partial charge in [-0.3, -0.25) is 0 Å². The monoisotopic (exact) mass is 343 g/mol. The van der Waals surface area contributed by atoms with Gasteiger partial charge in [0.1, 0.15) is 17.4 Å². The van der Waals surface area contributed by atoms with Gasteiger partial charge < -0.3 is 9.64 Å². The van der Waals surface area contributed by atoms with Crippen LogP contribution in [0.5, 0.6) is 5.75 Å². The van der Waals surface area contributed by atoms with Crippen LogP contribution in [0.15, 0.2) is 42.5 Å². The van der Waals surface area contributed by atoms with Crippen LogP contribution in [-0.4, -0.2) is 30.6 Å². The van der Waals surface area contributed by atoms with E-state index in [1.807, 2.05) is 12.1 Å². The summed E-state index contributed by atoms with van der Waals surface area (Å²) in [6.45, 7) is 7.62. The van der Waals surface area contributed by atoms with Gasteiger partial charge >= 0.3 is 0 Å². The Balaban J connectivity index is 1.34. The van der Waals surface area contributed by atoms with Crippen molar-refractivity contribution in [3.05, 3.63) is 54.1 Å². The molecule has 0 amide bonds. The Labute approximate surface area is 147 Å². The van der Waals surface area contributed by atoms with E-state index >= 15 is 0 Å². The van der Waals surface area contributed by atoms with Gasteiger partial charge in [0.15, 0.2) is 0 Å². The molecule has 2 aliphatic rings. The molecule has 0 aromatic heterocycles. The Hall–Kier alpha value is -1.94. The van der Waals surface area contributed by atoms with Crippen molar-refractivity contribution in [3.8, 4) is 16.9 Å². The average molecular weight is 343 g/mol. The van der Waals surface area contributed by atoms with Gasteiger partial charge in [-0.15, -0.1) is 0 Å². The van der Waals surface area contributed by atoms with E-state index in [4.69, 9.17) is 4.74 Å². The molecule has 2 aromatic carbocycles. The summed E-state index contributed by atoms with van der Waals surface area (Å²) in [6.07, 6.45) is 0. The third-order valence-electron chi connectivity index (χ3n) is 5.67. The van der Waals surface area contributed by atoms with E-state index in [0.717, 1.165) is 36.3 Å². The molecule has 0 spiro atoms. The lowest BCUT2D eigenvalue weighted by atomic mass is 10.0. The van der Waals surface area contributed by atoms with Crippen molar-refractivity contribution < 1.29 is 13.5 Å². The number of hydrogen-bond donors (Lipinski definition) is 0. The van der Waals surface area contributed by atoms with Crippen LogP contribution < -0.4 is 4.74 Å². The smallest absolute Gasteiger partial charge is 0.131 e. The summed E-state index contributed by atoms with van der Waals surface area (Å²) < 4.78 is 33.1. The molecule has 25 heavy (non-hydrogen) atoms. The van der Waals surface area contributed by atoms with E-state index in [1.165, 1.54) is 19.2 Å². The van der Waals surface area contributed by atoms with E-state index in [0.29, 0.717) is 17.5 Å². The largest absolute Gasteiger partial charge is 0.493 e. The first-order valence-electron chi connectivity index (χ1n) is 8.95.